The number of benzene rings is 1. The molecule has 0 amide bonds. The smallest absolute Gasteiger partial charge is 0.0672 e. The molecule has 0 radical (unpaired) electrons. The first-order chi connectivity index (χ1) is 8.90. The highest BCUT2D eigenvalue weighted by atomic mass is 14.9. The van der Waals surface area contributed by atoms with E-state index in [2.05, 4.69) is 35.7 Å². The molecule has 0 saturated heterocycles. The summed E-state index contributed by atoms with van der Waals surface area (Å²) in [5.41, 5.74) is 1.37. The van der Waals surface area contributed by atoms with Gasteiger partial charge in [-0.15, -0.1) is 0 Å². The molecule has 1 N–H and O–H groups in total. The Morgan fingerprint density at radius 2 is 1.89 bits per heavy atom. The minimum atomic E-state index is 0.211. The molecule has 2 atom stereocenters. The molecule has 0 bridgehead atoms. The third-order valence-electron chi connectivity index (χ3n) is 3.84. The van der Waals surface area contributed by atoms with Gasteiger partial charge in [0, 0.05) is 6.04 Å². The summed E-state index contributed by atoms with van der Waals surface area (Å²) < 4.78 is 0. The number of rotatable bonds is 4. The van der Waals surface area contributed by atoms with Crippen LogP contribution in [0, 0.1) is 17.2 Å². The minimum Gasteiger partial charge on any atom is -0.312 e. The lowest BCUT2D eigenvalue weighted by molar-refractivity contribution is 0.397. The van der Waals surface area contributed by atoms with Crippen molar-refractivity contribution in [1.29, 1.82) is 5.26 Å². The van der Waals surface area contributed by atoms with Crippen LogP contribution in [-0.4, -0.2) is 12.6 Å². The summed E-state index contributed by atoms with van der Waals surface area (Å²) >= 11 is 0. The standard InChI is InChI=1S/C16H22N2/c17-13-15-9-5-2-6-10-16(15)18-12-11-14-7-3-1-4-8-14/h1,3-4,7-8,15-16,18H,2,5-6,9-12H2. The first-order valence-electron chi connectivity index (χ1n) is 7.07. The number of hydrogen-bond donors (Lipinski definition) is 1. The Morgan fingerprint density at radius 1 is 1.11 bits per heavy atom. The van der Waals surface area contributed by atoms with Crippen molar-refractivity contribution in [3.63, 3.8) is 0 Å². The molecule has 0 heterocycles. The van der Waals surface area contributed by atoms with Gasteiger partial charge in [-0.1, -0.05) is 49.6 Å². The maximum absolute atomic E-state index is 9.21. The third kappa shape index (κ3) is 3.85. The second-order valence-corrected chi connectivity index (χ2v) is 5.17. The zero-order valence-corrected chi connectivity index (χ0v) is 10.9. The number of hydrogen-bond acceptors (Lipinski definition) is 2. The molecule has 96 valence electrons. The summed E-state index contributed by atoms with van der Waals surface area (Å²) in [5, 5.41) is 12.8. The average Bonchev–Trinajstić information content (AvgIpc) is 2.65. The van der Waals surface area contributed by atoms with Crippen LogP contribution in [0.5, 0.6) is 0 Å². The molecule has 0 aromatic heterocycles. The van der Waals surface area contributed by atoms with E-state index in [1.165, 1.54) is 24.8 Å². The molecule has 18 heavy (non-hydrogen) atoms. The Hall–Kier alpha value is -1.33. The quantitative estimate of drug-likeness (QED) is 0.822. The second-order valence-electron chi connectivity index (χ2n) is 5.17. The predicted octanol–water partition coefficient (Wildman–Crippen LogP) is 3.29. The average molecular weight is 242 g/mol. The Morgan fingerprint density at radius 3 is 2.67 bits per heavy atom. The fourth-order valence-corrected chi connectivity index (χ4v) is 2.75. The molecule has 0 aliphatic heterocycles. The molecule has 2 nitrogen and oxygen atoms in total. The van der Waals surface area contributed by atoms with Gasteiger partial charge < -0.3 is 5.32 Å². The highest BCUT2D eigenvalue weighted by Gasteiger charge is 2.22. The van der Waals surface area contributed by atoms with E-state index in [0.29, 0.717) is 6.04 Å². The molecule has 0 spiro atoms. The fraction of sp³-hybridized carbons (Fsp3) is 0.562. The van der Waals surface area contributed by atoms with Gasteiger partial charge in [-0.05, 0) is 31.4 Å². The van der Waals surface area contributed by atoms with Crippen LogP contribution >= 0.6 is 0 Å². The summed E-state index contributed by atoms with van der Waals surface area (Å²) in [6, 6.07) is 13.4. The van der Waals surface area contributed by atoms with Crippen molar-refractivity contribution in [3.05, 3.63) is 35.9 Å². The van der Waals surface area contributed by atoms with Crippen LogP contribution in [-0.2, 0) is 6.42 Å². The van der Waals surface area contributed by atoms with E-state index >= 15 is 0 Å². The van der Waals surface area contributed by atoms with E-state index in [-0.39, 0.29) is 5.92 Å². The molecular weight excluding hydrogens is 220 g/mol. The van der Waals surface area contributed by atoms with Gasteiger partial charge in [-0.3, -0.25) is 0 Å². The Bertz CT molecular complexity index is 380. The van der Waals surface area contributed by atoms with E-state index in [4.69, 9.17) is 0 Å². The van der Waals surface area contributed by atoms with E-state index in [9.17, 15) is 5.26 Å². The molecule has 2 rings (SSSR count). The monoisotopic (exact) mass is 242 g/mol. The van der Waals surface area contributed by atoms with Crippen molar-refractivity contribution < 1.29 is 0 Å². The molecule has 1 saturated carbocycles. The fourth-order valence-electron chi connectivity index (χ4n) is 2.75. The maximum atomic E-state index is 9.21. The van der Waals surface area contributed by atoms with Gasteiger partial charge >= 0.3 is 0 Å². The van der Waals surface area contributed by atoms with Crippen molar-refractivity contribution >= 4 is 0 Å². The Balaban J connectivity index is 1.79. The first kappa shape index (κ1) is 13.1. The van der Waals surface area contributed by atoms with Crippen LogP contribution in [0.3, 0.4) is 0 Å². The normalized spacial score (nSPS) is 24.2. The summed E-state index contributed by atoms with van der Waals surface area (Å²) in [6.45, 7) is 0.979. The zero-order valence-electron chi connectivity index (χ0n) is 10.9. The van der Waals surface area contributed by atoms with Crippen LogP contribution in [0.1, 0.15) is 37.7 Å². The van der Waals surface area contributed by atoms with Crippen molar-refractivity contribution in [2.45, 2.75) is 44.6 Å². The largest absolute Gasteiger partial charge is 0.312 e. The lowest BCUT2D eigenvalue weighted by Gasteiger charge is -2.20. The summed E-state index contributed by atoms with van der Waals surface area (Å²) in [7, 11) is 0. The number of nitrogens with one attached hydrogen (secondary N) is 1. The zero-order chi connectivity index (χ0) is 12.6. The lowest BCUT2D eigenvalue weighted by atomic mass is 9.96. The molecule has 1 fully saturated rings. The second kappa shape index (κ2) is 7.18. The van der Waals surface area contributed by atoms with Gasteiger partial charge in [-0.25, -0.2) is 0 Å². The summed E-state index contributed by atoms with van der Waals surface area (Å²) in [4.78, 5) is 0. The molecule has 1 aromatic carbocycles. The van der Waals surface area contributed by atoms with E-state index < -0.39 is 0 Å². The van der Waals surface area contributed by atoms with Crippen LogP contribution in [0.4, 0.5) is 0 Å². The van der Waals surface area contributed by atoms with Crippen LogP contribution in [0.25, 0.3) is 0 Å². The molecule has 2 heteroatoms. The van der Waals surface area contributed by atoms with Gasteiger partial charge in [0.2, 0.25) is 0 Å². The molecule has 2 unspecified atom stereocenters. The van der Waals surface area contributed by atoms with Crippen molar-refractivity contribution in [2.75, 3.05) is 6.54 Å². The van der Waals surface area contributed by atoms with E-state index in [0.717, 1.165) is 25.8 Å². The lowest BCUT2D eigenvalue weighted by Crippen LogP contribution is -2.36. The van der Waals surface area contributed by atoms with Crippen LogP contribution < -0.4 is 5.32 Å². The van der Waals surface area contributed by atoms with Gasteiger partial charge in [0.15, 0.2) is 0 Å². The molecule has 1 aliphatic rings. The van der Waals surface area contributed by atoms with Gasteiger partial charge in [0.1, 0.15) is 0 Å². The SMILES string of the molecule is N#CC1CCCCCC1NCCc1ccccc1. The van der Waals surface area contributed by atoms with Crippen molar-refractivity contribution in [2.24, 2.45) is 5.92 Å². The minimum absolute atomic E-state index is 0.211. The topological polar surface area (TPSA) is 35.8 Å². The van der Waals surface area contributed by atoms with Gasteiger partial charge in [0.25, 0.3) is 0 Å². The van der Waals surface area contributed by atoms with Crippen molar-refractivity contribution in [1.82, 2.24) is 5.32 Å². The molecule has 1 aromatic rings. The van der Waals surface area contributed by atoms with E-state index in [1.807, 2.05) is 6.07 Å². The van der Waals surface area contributed by atoms with E-state index in [1.54, 1.807) is 0 Å². The predicted molar refractivity (Wildman–Crippen MR) is 74.1 cm³/mol. The Labute approximate surface area is 110 Å². The summed E-state index contributed by atoms with van der Waals surface area (Å²) in [5.74, 6) is 0.211. The molecule has 1 aliphatic carbocycles. The number of nitrogens with zero attached hydrogens (tertiary/aromatic N) is 1. The van der Waals surface area contributed by atoms with Gasteiger partial charge in [-0.2, -0.15) is 5.26 Å². The Kier molecular flexibility index (Phi) is 5.23. The van der Waals surface area contributed by atoms with Crippen LogP contribution in [0.2, 0.25) is 0 Å². The molecular formula is C16H22N2. The van der Waals surface area contributed by atoms with Gasteiger partial charge in [0.05, 0.1) is 12.0 Å². The summed E-state index contributed by atoms with van der Waals surface area (Å²) in [6.07, 6.45) is 7.05. The first-order valence-corrected chi connectivity index (χ1v) is 7.07. The maximum Gasteiger partial charge on any atom is 0.0672 e. The highest BCUT2D eigenvalue weighted by molar-refractivity contribution is 5.14. The highest BCUT2D eigenvalue weighted by Crippen LogP contribution is 2.22. The van der Waals surface area contributed by atoms with Crippen molar-refractivity contribution in [3.8, 4) is 6.07 Å². The third-order valence-corrected chi connectivity index (χ3v) is 3.84. The number of nitriles is 1. The van der Waals surface area contributed by atoms with Crippen LogP contribution in [0.15, 0.2) is 30.3 Å².